The van der Waals surface area contributed by atoms with Gasteiger partial charge in [-0.3, -0.25) is 4.57 Å². The van der Waals surface area contributed by atoms with Gasteiger partial charge in [0.05, 0.1) is 27.0 Å². The van der Waals surface area contributed by atoms with Gasteiger partial charge in [0.2, 0.25) is 23.2 Å². The minimum atomic E-state index is -1.03. The molecule has 4 aromatic heterocycles. The quantitative estimate of drug-likeness (QED) is 0.0710. The summed E-state index contributed by atoms with van der Waals surface area (Å²) in [5.41, 5.74) is 1.52. The van der Waals surface area contributed by atoms with Crippen LogP contribution in [0.25, 0.3) is 86.2 Å². The van der Waals surface area contributed by atoms with E-state index in [1.807, 2.05) is 84.3 Å². The Hall–Kier alpha value is -6.10. The van der Waals surface area contributed by atoms with Crippen molar-refractivity contribution in [3.63, 3.8) is 0 Å². The van der Waals surface area contributed by atoms with Crippen molar-refractivity contribution in [1.29, 1.82) is 0 Å². The third kappa shape index (κ3) is 4.08. The molecule has 238 valence electrons. The number of fused-ring (bicyclic) bond motifs is 11. The molecule has 0 saturated heterocycles. The number of allylic oxidation sites excluding steroid dienone is 3. The number of nitrogens with zero attached hydrogens (tertiary/aromatic N) is 3. The summed E-state index contributed by atoms with van der Waals surface area (Å²) in [6.07, 6.45) is 8.09. The maximum absolute atomic E-state index is 11.2. The molecule has 0 spiro atoms. The van der Waals surface area contributed by atoms with E-state index in [0.717, 1.165) is 57.6 Å². The van der Waals surface area contributed by atoms with Crippen LogP contribution in [-0.2, 0) is 0 Å². The first kappa shape index (κ1) is 29.1. The summed E-state index contributed by atoms with van der Waals surface area (Å²) in [4.78, 5) is 11.8. The molecule has 9 aromatic rings. The molecule has 0 saturated carbocycles. The van der Waals surface area contributed by atoms with Crippen LogP contribution in [0.3, 0.4) is 0 Å². The van der Waals surface area contributed by atoms with E-state index in [1.165, 1.54) is 11.3 Å². The molecule has 4 heterocycles. The first-order valence-corrected chi connectivity index (χ1v) is 17.1. The first-order chi connectivity index (χ1) is 23.9. The number of thiophene rings is 2. The molecule has 0 fully saturated rings. The Morgan fingerprint density at radius 2 is 1.29 bits per heavy atom. The summed E-state index contributed by atoms with van der Waals surface area (Å²) in [7, 11) is 0. The predicted octanol–water partition coefficient (Wildman–Crippen LogP) is 10.1. The molecule has 49 heavy (non-hydrogen) atoms. The van der Waals surface area contributed by atoms with Gasteiger partial charge in [-0.2, -0.15) is 0 Å². The van der Waals surface area contributed by atoms with Gasteiger partial charge in [-0.1, -0.05) is 78.9 Å². The van der Waals surface area contributed by atoms with Crippen LogP contribution < -0.4 is 0 Å². The lowest BCUT2D eigenvalue weighted by atomic mass is 10.0. The summed E-state index contributed by atoms with van der Waals surface area (Å²) in [5.74, 6) is -4.35. The molecule has 0 aliphatic rings. The molecule has 0 aliphatic heterocycles. The largest absolute Gasteiger partial charge is 0.504 e. The van der Waals surface area contributed by atoms with Crippen LogP contribution in [0.15, 0.2) is 97.1 Å². The van der Waals surface area contributed by atoms with Gasteiger partial charge in [-0.05, 0) is 42.0 Å². The monoisotopic (exact) mass is 679 g/mol. The van der Waals surface area contributed by atoms with Crippen LogP contribution in [0.4, 0.5) is 0 Å². The summed E-state index contributed by atoms with van der Waals surface area (Å²) < 4.78 is 3.94. The molecule has 0 unspecified atom stereocenters. The fourth-order valence-corrected chi connectivity index (χ4v) is 9.00. The van der Waals surface area contributed by atoms with Crippen molar-refractivity contribution in [3.05, 3.63) is 102 Å². The third-order valence-electron chi connectivity index (χ3n) is 8.93. The van der Waals surface area contributed by atoms with Crippen molar-refractivity contribution >= 4 is 91.7 Å². The fraction of sp³-hybridized carbons (Fsp3) is 0.0256. The molecule has 0 atom stereocenters. The highest BCUT2D eigenvalue weighted by atomic mass is 32.1. The van der Waals surface area contributed by atoms with Gasteiger partial charge in [-0.15, -0.1) is 22.7 Å². The zero-order chi connectivity index (χ0) is 33.6. The SMILES string of the molecule is C/C=C\C=C/c1cc2c3ccccc3c3c4ccccc4n(-c4nc(-c5c(O)c(O)c(O)c(O)c5O)c5c(n4)sc4ccccc45)c3c2s1. The Morgan fingerprint density at radius 1 is 0.633 bits per heavy atom. The average Bonchev–Trinajstić information content (AvgIpc) is 3.82. The number of rotatable bonds is 4. The van der Waals surface area contributed by atoms with E-state index in [2.05, 4.69) is 30.3 Å². The van der Waals surface area contributed by atoms with Crippen molar-refractivity contribution < 1.29 is 25.5 Å². The van der Waals surface area contributed by atoms with E-state index in [0.29, 0.717) is 10.2 Å². The van der Waals surface area contributed by atoms with Crippen LogP contribution in [-0.4, -0.2) is 40.1 Å². The lowest BCUT2D eigenvalue weighted by Crippen LogP contribution is -2.03. The Bertz CT molecular complexity index is 2890. The van der Waals surface area contributed by atoms with Crippen LogP contribution in [0, 0.1) is 0 Å². The standard InChI is InChI=1S/C39H25N3O5S2/c1-2-3-4-11-19-18-24-20-12-5-6-13-21(20)27-22-14-7-9-16-25(22)42(31(27)37(24)48-19)39-40-30(29-32(43)34(45)36(47)35(46)33(29)44)28-23-15-8-10-17-26(23)49-38(28)41-39/h2-18,43-47H,1H3/b3-2-,11-4-. The summed E-state index contributed by atoms with van der Waals surface area (Å²) in [6.45, 7) is 1.98. The number of para-hydroxylation sites is 1. The van der Waals surface area contributed by atoms with Crippen LogP contribution in [0.2, 0.25) is 0 Å². The van der Waals surface area contributed by atoms with E-state index in [1.54, 1.807) is 11.3 Å². The molecule has 0 aliphatic carbocycles. The summed E-state index contributed by atoms with van der Waals surface area (Å²) in [5, 5.41) is 60.4. The second kappa shape index (κ2) is 10.7. The van der Waals surface area contributed by atoms with E-state index < -0.39 is 28.7 Å². The lowest BCUT2D eigenvalue weighted by Gasteiger charge is -2.15. The molecule has 0 radical (unpaired) electrons. The number of aromatic nitrogens is 3. The van der Waals surface area contributed by atoms with Gasteiger partial charge in [0.15, 0.2) is 11.5 Å². The second-order valence-corrected chi connectivity index (χ2v) is 13.8. The fourth-order valence-electron chi connectivity index (χ4n) is 6.80. The van der Waals surface area contributed by atoms with Gasteiger partial charge < -0.3 is 25.5 Å². The molecule has 0 bridgehead atoms. The first-order valence-electron chi connectivity index (χ1n) is 15.4. The number of hydrogen-bond donors (Lipinski definition) is 5. The molecule has 8 nitrogen and oxygen atoms in total. The summed E-state index contributed by atoms with van der Waals surface area (Å²) >= 11 is 3.09. The van der Waals surface area contributed by atoms with E-state index in [9.17, 15) is 25.5 Å². The predicted molar refractivity (Wildman–Crippen MR) is 200 cm³/mol. The minimum Gasteiger partial charge on any atom is -0.504 e. The molecular formula is C39H25N3O5S2. The lowest BCUT2D eigenvalue weighted by molar-refractivity contribution is 0.330. The number of aromatic hydroxyl groups is 5. The van der Waals surface area contributed by atoms with Crippen LogP contribution in [0.1, 0.15) is 11.8 Å². The minimum absolute atomic E-state index is 0.0853. The second-order valence-electron chi connectivity index (χ2n) is 11.7. The molecular weight excluding hydrogens is 655 g/mol. The summed E-state index contributed by atoms with van der Waals surface area (Å²) in [6, 6.07) is 26.2. The number of hydrogen-bond acceptors (Lipinski definition) is 9. The number of phenolic OH excluding ortho intramolecular Hbond substituents is 5. The van der Waals surface area contributed by atoms with Crippen molar-refractivity contribution in [1.82, 2.24) is 14.5 Å². The average molecular weight is 680 g/mol. The Balaban J connectivity index is 1.49. The van der Waals surface area contributed by atoms with E-state index >= 15 is 0 Å². The smallest absolute Gasteiger partial charge is 0.236 e. The van der Waals surface area contributed by atoms with Gasteiger partial charge in [0.25, 0.3) is 0 Å². The normalized spacial score (nSPS) is 12.4. The molecule has 5 N–H and O–H groups in total. The van der Waals surface area contributed by atoms with Gasteiger partial charge >= 0.3 is 0 Å². The molecule has 9 rings (SSSR count). The van der Waals surface area contributed by atoms with Crippen molar-refractivity contribution in [2.24, 2.45) is 0 Å². The highest BCUT2D eigenvalue weighted by Crippen LogP contribution is 2.56. The Labute approximate surface area is 285 Å². The van der Waals surface area contributed by atoms with Gasteiger partial charge in [0, 0.05) is 36.5 Å². The molecule has 5 aromatic carbocycles. The third-order valence-corrected chi connectivity index (χ3v) is 11.1. The molecule has 10 heteroatoms. The van der Waals surface area contributed by atoms with Gasteiger partial charge in [-0.25, -0.2) is 9.97 Å². The maximum atomic E-state index is 11.2. The van der Waals surface area contributed by atoms with E-state index in [4.69, 9.17) is 9.97 Å². The maximum Gasteiger partial charge on any atom is 0.236 e. The Kier molecular flexibility index (Phi) is 6.35. The van der Waals surface area contributed by atoms with Crippen molar-refractivity contribution in [2.75, 3.05) is 0 Å². The van der Waals surface area contributed by atoms with Crippen molar-refractivity contribution in [3.8, 4) is 46.0 Å². The van der Waals surface area contributed by atoms with Crippen LogP contribution in [0.5, 0.6) is 28.7 Å². The highest BCUT2D eigenvalue weighted by Gasteiger charge is 2.30. The highest BCUT2D eigenvalue weighted by molar-refractivity contribution is 7.25. The number of phenols is 5. The van der Waals surface area contributed by atoms with E-state index in [-0.39, 0.29) is 17.2 Å². The number of benzene rings is 5. The zero-order valence-corrected chi connectivity index (χ0v) is 27.3. The topological polar surface area (TPSA) is 132 Å². The molecule has 0 amide bonds. The Morgan fingerprint density at radius 3 is 2.04 bits per heavy atom. The van der Waals surface area contributed by atoms with Crippen molar-refractivity contribution in [2.45, 2.75) is 6.92 Å². The zero-order valence-electron chi connectivity index (χ0n) is 25.7. The van der Waals surface area contributed by atoms with Crippen LogP contribution >= 0.6 is 22.7 Å². The van der Waals surface area contributed by atoms with Gasteiger partial charge in [0.1, 0.15) is 4.83 Å².